The third-order valence-electron chi connectivity index (χ3n) is 3.84. The second-order valence-corrected chi connectivity index (χ2v) is 6.12. The van der Waals surface area contributed by atoms with E-state index in [2.05, 4.69) is 5.32 Å². The molecule has 0 saturated heterocycles. The zero-order chi connectivity index (χ0) is 19.1. The highest BCUT2D eigenvalue weighted by molar-refractivity contribution is 6.30. The number of carbonyl (C=O) groups is 2. The average molecular weight is 373 g/mol. The third kappa shape index (κ3) is 5.10. The van der Waals surface area contributed by atoms with E-state index in [1.807, 2.05) is 0 Å². The van der Waals surface area contributed by atoms with Crippen LogP contribution in [0.5, 0.6) is 5.75 Å². The van der Waals surface area contributed by atoms with E-state index >= 15 is 0 Å². The number of hydrogen-bond donors (Lipinski definition) is 1. The van der Waals surface area contributed by atoms with Crippen LogP contribution in [0.25, 0.3) is 6.08 Å². The highest BCUT2D eigenvalue weighted by Gasteiger charge is 2.10. The van der Waals surface area contributed by atoms with Gasteiger partial charge < -0.3 is 15.0 Å². The van der Waals surface area contributed by atoms with Gasteiger partial charge in [-0.1, -0.05) is 23.7 Å². The summed E-state index contributed by atoms with van der Waals surface area (Å²) in [4.78, 5) is 25.4. The molecular weight excluding hydrogens is 352 g/mol. The van der Waals surface area contributed by atoms with Gasteiger partial charge in [-0.2, -0.15) is 0 Å². The molecule has 0 bridgehead atoms. The lowest BCUT2D eigenvalue weighted by Crippen LogP contribution is -2.24. The molecule has 0 aliphatic rings. The topological polar surface area (TPSA) is 58.6 Å². The molecule has 0 saturated carbocycles. The highest BCUT2D eigenvalue weighted by atomic mass is 35.5. The lowest BCUT2D eigenvalue weighted by atomic mass is 10.1. The van der Waals surface area contributed by atoms with E-state index in [-0.39, 0.29) is 11.8 Å². The molecular formula is C20H21ClN2O3. The van der Waals surface area contributed by atoms with Crippen LogP contribution >= 0.6 is 11.6 Å². The predicted octanol–water partition coefficient (Wildman–Crippen LogP) is 3.38. The van der Waals surface area contributed by atoms with E-state index in [1.54, 1.807) is 74.6 Å². The molecule has 26 heavy (non-hydrogen) atoms. The third-order valence-corrected chi connectivity index (χ3v) is 4.08. The molecule has 0 aliphatic carbocycles. The molecule has 0 aromatic heterocycles. The van der Waals surface area contributed by atoms with Gasteiger partial charge in [0.1, 0.15) is 5.75 Å². The number of nitrogens with one attached hydrogen (secondary N) is 1. The first-order chi connectivity index (χ1) is 12.4. The molecule has 2 aromatic carbocycles. The SMILES string of the molecule is CNC(=O)c1ccc(/C=C/C(=O)N(C)Cc2cc(Cl)ccc2OC)cc1. The molecule has 5 nitrogen and oxygen atoms in total. The van der Waals surface area contributed by atoms with Gasteiger partial charge in [-0.15, -0.1) is 0 Å². The second-order valence-electron chi connectivity index (χ2n) is 5.68. The summed E-state index contributed by atoms with van der Waals surface area (Å²) in [5.74, 6) is 0.386. The molecule has 2 amide bonds. The summed E-state index contributed by atoms with van der Waals surface area (Å²) in [6, 6.07) is 12.3. The molecule has 2 aromatic rings. The second kappa shape index (κ2) is 9.06. The maximum Gasteiger partial charge on any atom is 0.251 e. The zero-order valence-electron chi connectivity index (χ0n) is 15.0. The van der Waals surface area contributed by atoms with Crippen LogP contribution in [0.3, 0.4) is 0 Å². The Labute approximate surface area is 158 Å². The predicted molar refractivity (Wildman–Crippen MR) is 103 cm³/mol. The average Bonchev–Trinajstić information content (AvgIpc) is 2.66. The van der Waals surface area contributed by atoms with Gasteiger partial charge >= 0.3 is 0 Å². The number of amides is 2. The summed E-state index contributed by atoms with van der Waals surface area (Å²) < 4.78 is 5.30. The van der Waals surface area contributed by atoms with E-state index < -0.39 is 0 Å². The number of benzene rings is 2. The lowest BCUT2D eigenvalue weighted by molar-refractivity contribution is -0.125. The Morgan fingerprint density at radius 1 is 1.19 bits per heavy atom. The van der Waals surface area contributed by atoms with Crippen molar-refractivity contribution < 1.29 is 14.3 Å². The number of likely N-dealkylation sites (N-methyl/N-ethyl adjacent to an activating group) is 1. The van der Waals surface area contributed by atoms with Crippen LogP contribution in [-0.4, -0.2) is 37.9 Å². The molecule has 0 atom stereocenters. The lowest BCUT2D eigenvalue weighted by Gasteiger charge is -2.17. The maximum absolute atomic E-state index is 12.3. The zero-order valence-corrected chi connectivity index (χ0v) is 15.7. The Morgan fingerprint density at radius 2 is 1.88 bits per heavy atom. The minimum absolute atomic E-state index is 0.146. The van der Waals surface area contributed by atoms with Gasteiger partial charge in [0.05, 0.1) is 7.11 Å². The first-order valence-electron chi connectivity index (χ1n) is 8.02. The number of methoxy groups -OCH3 is 1. The largest absolute Gasteiger partial charge is 0.496 e. The standard InChI is InChI=1S/C20H21ClN2O3/c1-22-20(25)15-7-4-14(5-8-15)6-11-19(24)23(2)13-16-12-17(21)9-10-18(16)26-3/h4-12H,13H2,1-3H3,(H,22,25)/b11-6+. The number of carbonyl (C=O) groups excluding carboxylic acids is 2. The minimum atomic E-state index is -0.151. The fraction of sp³-hybridized carbons (Fsp3) is 0.200. The van der Waals surface area contributed by atoms with E-state index in [1.165, 1.54) is 6.08 Å². The monoisotopic (exact) mass is 372 g/mol. The van der Waals surface area contributed by atoms with Gasteiger partial charge in [0, 0.05) is 42.9 Å². The number of hydrogen-bond acceptors (Lipinski definition) is 3. The van der Waals surface area contributed by atoms with Crippen molar-refractivity contribution in [3.8, 4) is 5.75 Å². The van der Waals surface area contributed by atoms with E-state index in [4.69, 9.17) is 16.3 Å². The number of rotatable bonds is 6. The summed E-state index contributed by atoms with van der Waals surface area (Å²) in [6.45, 7) is 0.377. The van der Waals surface area contributed by atoms with Crippen molar-refractivity contribution in [3.63, 3.8) is 0 Å². The Kier molecular flexibility index (Phi) is 6.81. The summed E-state index contributed by atoms with van der Waals surface area (Å²) in [5.41, 5.74) is 2.24. The van der Waals surface area contributed by atoms with Crippen molar-refractivity contribution in [1.82, 2.24) is 10.2 Å². The fourth-order valence-corrected chi connectivity index (χ4v) is 2.58. The molecule has 6 heteroatoms. The van der Waals surface area contributed by atoms with Gasteiger partial charge in [-0.25, -0.2) is 0 Å². The van der Waals surface area contributed by atoms with Crippen molar-refractivity contribution >= 4 is 29.5 Å². The van der Waals surface area contributed by atoms with Crippen molar-refractivity contribution in [3.05, 3.63) is 70.3 Å². The van der Waals surface area contributed by atoms with Gasteiger partial charge in [0.15, 0.2) is 0 Å². The summed E-state index contributed by atoms with van der Waals surface area (Å²) in [7, 11) is 4.87. The van der Waals surface area contributed by atoms with Crippen molar-refractivity contribution in [2.45, 2.75) is 6.54 Å². The summed E-state index contributed by atoms with van der Waals surface area (Å²) in [5, 5.41) is 3.16. The molecule has 0 heterocycles. The Morgan fingerprint density at radius 3 is 2.50 bits per heavy atom. The van der Waals surface area contributed by atoms with E-state index in [9.17, 15) is 9.59 Å². The Bertz CT molecular complexity index is 816. The molecule has 0 radical (unpaired) electrons. The number of halogens is 1. The molecule has 136 valence electrons. The van der Waals surface area contributed by atoms with Gasteiger partial charge in [0.25, 0.3) is 5.91 Å². The Balaban J connectivity index is 2.03. The fourth-order valence-electron chi connectivity index (χ4n) is 2.39. The van der Waals surface area contributed by atoms with Crippen LogP contribution in [-0.2, 0) is 11.3 Å². The van der Waals surface area contributed by atoms with E-state index in [0.29, 0.717) is 22.9 Å². The molecule has 0 unspecified atom stereocenters. The van der Waals surface area contributed by atoms with Gasteiger partial charge in [-0.3, -0.25) is 9.59 Å². The van der Waals surface area contributed by atoms with Crippen molar-refractivity contribution in [2.75, 3.05) is 21.2 Å². The van der Waals surface area contributed by atoms with Crippen LogP contribution < -0.4 is 10.1 Å². The normalized spacial score (nSPS) is 10.6. The molecule has 0 fully saturated rings. The molecule has 0 spiro atoms. The smallest absolute Gasteiger partial charge is 0.251 e. The Hall–Kier alpha value is -2.79. The first kappa shape index (κ1) is 19.5. The molecule has 0 aliphatic heterocycles. The number of nitrogens with zero attached hydrogens (tertiary/aromatic N) is 1. The first-order valence-corrected chi connectivity index (χ1v) is 8.40. The number of ether oxygens (including phenoxy) is 1. The summed E-state index contributed by atoms with van der Waals surface area (Å²) >= 11 is 6.02. The van der Waals surface area contributed by atoms with Crippen LogP contribution in [0.4, 0.5) is 0 Å². The quantitative estimate of drug-likeness (QED) is 0.791. The molecule has 1 N–H and O–H groups in total. The van der Waals surface area contributed by atoms with Gasteiger partial charge in [-0.05, 0) is 42.0 Å². The van der Waals surface area contributed by atoms with E-state index in [0.717, 1.165) is 11.1 Å². The maximum atomic E-state index is 12.3. The van der Waals surface area contributed by atoms with Crippen LogP contribution in [0.2, 0.25) is 5.02 Å². The van der Waals surface area contributed by atoms with Crippen LogP contribution in [0.1, 0.15) is 21.5 Å². The van der Waals surface area contributed by atoms with Crippen molar-refractivity contribution in [1.29, 1.82) is 0 Å². The minimum Gasteiger partial charge on any atom is -0.496 e. The summed E-state index contributed by atoms with van der Waals surface area (Å²) in [6.07, 6.45) is 3.20. The van der Waals surface area contributed by atoms with Crippen LogP contribution in [0.15, 0.2) is 48.5 Å². The highest BCUT2D eigenvalue weighted by Crippen LogP contribution is 2.23. The molecule has 2 rings (SSSR count). The van der Waals surface area contributed by atoms with Crippen LogP contribution in [0, 0.1) is 0 Å². The van der Waals surface area contributed by atoms with Gasteiger partial charge in [0.2, 0.25) is 5.91 Å². The van der Waals surface area contributed by atoms with Crippen molar-refractivity contribution in [2.24, 2.45) is 0 Å².